The molecule has 6 rings (SSSR count). The van der Waals surface area contributed by atoms with Crippen LogP contribution in [0.25, 0.3) is 22.2 Å². The van der Waals surface area contributed by atoms with Gasteiger partial charge in [0.05, 0.1) is 22.3 Å². The highest BCUT2D eigenvalue weighted by molar-refractivity contribution is 7.98. The lowest BCUT2D eigenvalue weighted by Gasteiger charge is -2.41. The van der Waals surface area contributed by atoms with Crippen molar-refractivity contribution in [1.82, 2.24) is 24.5 Å². The number of halogens is 2. The SMILES string of the molecule is CSc1ccc(CN2C3CCC2CN(c2ccc(-c4cc(C(C=NC(F)F)=CN)cn5ncc(C#N)c45)cn2)C3)cn1. The van der Waals surface area contributed by atoms with Crippen molar-refractivity contribution in [1.29, 1.82) is 5.26 Å². The molecule has 4 aromatic rings. The maximum atomic E-state index is 12.7. The summed E-state index contributed by atoms with van der Waals surface area (Å²) >= 11 is 1.65. The number of alkyl halides is 2. The molecule has 2 saturated heterocycles. The summed E-state index contributed by atoms with van der Waals surface area (Å²) < 4.78 is 27.0. The minimum absolute atomic E-state index is 0.307. The molecule has 2 atom stereocenters. The largest absolute Gasteiger partial charge is 0.404 e. The minimum atomic E-state index is -2.85. The van der Waals surface area contributed by atoms with Crippen LogP contribution < -0.4 is 10.6 Å². The normalized spacial score (nSPS) is 19.3. The Morgan fingerprint density at radius 3 is 2.60 bits per heavy atom. The van der Waals surface area contributed by atoms with Crippen LogP contribution in [0.3, 0.4) is 0 Å². The van der Waals surface area contributed by atoms with Gasteiger partial charge >= 0.3 is 6.55 Å². The van der Waals surface area contributed by atoms with Gasteiger partial charge in [-0.05, 0) is 48.9 Å². The lowest BCUT2D eigenvalue weighted by molar-refractivity contribution is 0.160. The zero-order chi connectivity index (χ0) is 29.2. The molecule has 12 heteroatoms. The fourth-order valence-corrected chi connectivity index (χ4v) is 6.30. The van der Waals surface area contributed by atoms with E-state index in [0.717, 1.165) is 55.1 Å². The maximum absolute atomic E-state index is 12.7. The smallest absolute Gasteiger partial charge is 0.331 e. The molecule has 0 aliphatic carbocycles. The molecule has 6 heterocycles. The lowest BCUT2D eigenvalue weighted by atomic mass is 10.0. The Morgan fingerprint density at radius 2 is 1.98 bits per heavy atom. The van der Waals surface area contributed by atoms with Crippen molar-refractivity contribution in [2.24, 2.45) is 10.7 Å². The highest BCUT2D eigenvalue weighted by Crippen LogP contribution is 2.35. The van der Waals surface area contributed by atoms with E-state index in [-0.39, 0.29) is 0 Å². The van der Waals surface area contributed by atoms with Gasteiger partial charge in [0.15, 0.2) is 0 Å². The van der Waals surface area contributed by atoms with Crippen LogP contribution in [0.1, 0.15) is 29.5 Å². The van der Waals surface area contributed by atoms with E-state index in [4.69, 9.17) is 10.7 Å². The first-order valence-corrected chi connectivity index (χ1v) is 14.8. The van der Waals surface area contributed by atoms with Gasteiger partial charge in [0.25, 0.3) is 0 Å². The number of piperazine rings is 1. The van der Waals surface area contributed by atoms with Crippen molar-refractivity contribution in [3.63, 3.8) is 0 Å². The Bertz CT molecular complexity index is 1660. The summed E-state index contributed by atoms with van der Waals surface area (Å²) in [7, 11) is 0. The number of aromatic nitrogens is 4. The second-order valence-corrected chi connectivity index (χ2v) is 11.2. The van der Waals surface area contributed by atoms with Gasteiger partial charge in [0, 0.05) is 85.0 Å². The molecule has 0 saturated carbocycles. The molecule has 2 bridgehead atoms. The van der Waals surface area contributed by atoms with Crippen molar-refractivity contribution in [3.8, 4) is 17.2 Å². The quantitative estimate of drug-likeness (QED) is 0.178. The van der Waals surface area contributed by atoms with Gasteiger partial charge in [0.2, 0.25) is 0 Å². The van der Waals surface area contributed by atoms with Crippen LogP contribution in [0.15, 0.2) is 71.3 Å². The van der Waals surface area contributed by atoms with Gasteiger partial charge in [0.1, 0.15) is 11.9 Å². The highest BCUT2D eigenvalue weighted by atomic mass is 32.2. The van der Waals surface area contributed by atoms with Crippen LogP contribution in [-0.2, 0) is 6.54 Å². The summed E-state index contributed by atoms with van der Waals surface area (Å²) in [5.41, 5.74) is 10.3. The molecular formula is C30H29F2N9S. The highest BCUT2D eigenvalue weighted by Gasteiger charge is 2.40. The molecule has 4 aromatic heterocycles. The third-order valence-electron chi connectivity index (χ3n) is 7.96. The maximum Gasteiger partial charge on any atom is 0.331 e. The lowest BCUT2D eigenvalue weighted by Crippen LogP contribution is -2.53. The number of thioether (sulfide) groups is 1. The first kappa shape index (κ1) is 27.8. The zero-order valence-electron chi connectivity index (χ0n) is 22.9. The number of hydrogen-bond acceptors (Lipinski definition) is 9. The van der Waals surface area contributed by atoms with Crippen LogP contribution in [0.5, 0.6) is 0 Å². The molecule has 2 N–H and O–H groups in total. The number of fused-ring (bicyclic) bond motifs is 3. The topological polar surface area (TPSA) is 112 Å². The average Bonchev–Trinajstić information content (AvgIpc) is 3.52. The number of aliphatic imine (C=N–C) groups is 1. The number of rotatable bonds is 8. The second kappa shape index (κ2) is 11.9. The summed E-state index contributed by atoms with van der Waals surface area (Å²) in [4.78, 5) is 17.5. The van der Waals surface area contributed by atoms with Crippen LogP contribution >= 0.6 is 11.8 Å². The summed E-state index contributed by atoms with van der Waals surface area (Å²) in [6, 6.07) is 13.1. The predicted octanol–water partition coefficient (Wildman–Crippen LogP) is 4.83. The standard InChI is InChI=1S/C30H29F2N9S/c1-42-28-7-2-19(11-36-28)15-40-24-4-5-25(40)18-39(17-24)27-6-3-20(12-35-27)26-8-21(22(9-33)13-37-30(31)32)16-41-29(26)23(10-34)14-38-41/h2-3,6-9,11-14,16,24-25,30H,4-5,15,17-18,33H2,1H3. The molecule has 2 aliphatic heterocycles. The summed E-state index contributed by atoms with van der Waals surface area (Å²) in [5, 5.41) is 15.0. The minimum Gasteiger partial charge on any atom is -0.404 e. The summed E-state index contributed by atoms with van der Waals surface area (Å²) in [5.74, 6) is 0.897. The van der Waals surface area contributed by atoms with Crippen LogP contribution in [0.4, 0.5) is 14.6 Å². The van der Waals surface area contributed by atoms with E-state index in [0.29, 0.717) is 39.9 Å². The first-order chi connectivity index (χ1) is 20.5. The van der Waals surface area contributed by atoms with Crippen molar-refractivity contribution in [2.45, 2.75) is 43.0 Å². The van der Waals surface area contributed by atoms with E-state index in [2.05, 4.69) is 43.1 Å². The van der Waals surface area contributed by atoms with Crippen LogP contribution in [0.2, 0.25) is 0 Å². The molecule has 2 aliphatic rings. The van der Waals surface area contributed by atoms with Gasteiger partial charge in [-0.2, -0.15) is 19.1 Å². The molecule has 0 spiro atoms. The molecule has 0 aromatic carbocycles. The molecule has 0 amide bonds. The van der Waals surface area contributed by atoms with Crippen LogP contribution in [-0.4, -0.2) is 68.7 Å². The molecule has 2 fully saturated rings. The van der Waals surface area contributed by atoms with E-state index < -0.39 is 6.55 Å². The van der Waals surface area contributed by atoms with E-state index in [1.54, 1.807) is 34.7 Å². The molecular weight excluding hydrogens is 556 g/mol. The van der Waals surface area contributed by atoms with Gasteiger partial charge in [-0.3, -0.25) is 4.90 Å². The third kappa shape index (κ3) is 5.45. The van der Waals surface area contributed by atoms with Crippen LogP contribution in [0, 0.1) is 11.3 Å². The van der Waals surface area contributed by atoms with Crippen molar-refractivity contribution < 1.29 is 8.78 Å². The number of hydrogen-bond donors (Lipinski definition) is 1. The number of anilines is 1. The Morgan fingerprint density at radius 1 is 1.17 bits per heavy atom. The van der Waals surface area contributed by atoms with Crippen molar-refractivity contribution in [3.05, 3.63) is 78.0 Å². The van der Waals surface area contributed by atoms with Gasteiger partial charge < -0.3 is 10.6 Å². The summed E-state index contributed by atoms with van der Waals surface area (Å²) in [6.07, 6.45) is 13.5. The van der Waals surface area contributed by atoms with Crippen molar-refractivity contribution >= 4 is 34.9 Å². The number of pyridine rings is 3. The van der Waals surface area contributed by atoms with Crippen molar-refractivity contribution in [2.75, 3.05) is 24.2 Å². The second-order valence-electron chi connectivity index (χ2n) is 10.4. The van der Waals surface area contributed by atoms with Gasteiger partial charge in [-0.15, -0.1) is 11.8 Å². The van der Waals surface area contributed by atoms with E-state index >= 15 is 0 Å². The number of nitrogens with zero attached hydrogens (tertiary/aromatic N) is 8. The van der Waals surface area contributed by atoms with E-state index in [9.17, 15) is 14.0 Å². The molecule has 0 radical (unpaired) electrons. The monoisotopic (exact) mass is 585 g/mol. The van der Waals surface area contributed by atoms with Gasteiger partial charge in [-0.25, -0.2) is 19.5 Å². The number of nitriles is 1. The molecule has 2 unspecified atom stereocenters. The summed E-state index contributed by atoms with van der Waals surface area (Å²) in [6.45, 7) is -0.157. The Hall–Kier alpha value is -4.34. The van der Waals surface area contributed by atoms with E-state index in [1.807, 2.05) is 24.6 Å². The first-order valence-electron chi connectivity index (χ1n) is 13.6. The molecule has 42 heavy (non-hydrogen) atoms. The third-order valence-corrected chi connectivity index (χ3v) is 8.62. The zero-order valence-corrected chi connectivity index (χ0v) is 23.8. The fraction of sp³-hybridized carbons (Fsp3) is 0.300. The molecule has 214 valence electrons. The Labute approximate surface area is 246 Å². The number of nitrogens with two attached hydrogens (primary N) is 1. The predicted molar refractivity (Wildman–Crippen MR) is 160 cm³/mol. The molecule has 9 nitrogen and oxygen atoms in total. The Kier molecular flexibility index (Phi) is 7.86. The Balaban J connectivity index is 1.25. The van der Waals surface area contributed by atoms with E-state index in [1.165, 1.54) is 18.0 Å². The van der Waals surface area contributed by atoms with Gasteiger partial charge in [-0.1, -0.05) is 6.07 Å². The number of allylic oxidation sites excluding steroid dienone is 1. The average molecular weight is 586 g/mol. The fourth-order valence-electron chi connectivity index (χ4n) is 5.94.